The summed E-state index contributed by atoms with van der Waals surface area (Å²) in [6.07, 6.45) is 2.13. The quantitative estimate of drug-likeness (QED) is 0.793. The Balaban J connectivity index is 1.77. The van der Waals surface area contributed by atoms with E-state index in [9.17, 15) is 4.79 Å². The van der Waals surface area contributed by atoms with Crippen molar-refractivity contribution in [3.63, 3.8) is 0 Å². The third kappa shape index (κ3) is 5.96. The molecule has 0 radical (unpaired) electrons. The van der Waals surface area contributed by atoms with Crippen LogP contribution in [0.5, 0.6) is 0 Å². The molecule has 0 saturated heterocycles. The first-order valence-corrected chi connectivity index (χ1v) is 8.94. The molecule has 0 aliphatic heterocycles. The van der Waals surface area contributed by atoms with Crippen molar-refractivity contribution in [3.8, 4) is 0 Å². The predicted molar refractivity (Wildman–Crippen MR) is 89.6 cm³/mol. The third-order valence-electron chi connectivity index (χ3n) is 3.27. The number of thiophene rings is 1. The molecule has 2 N–H and O–H groups in total. The molecular formula is C15H23BrN2O2S. The highest BCUT2D eigenvalue weighted by molar-refractivity contribution is 9.10. The number of nitrogens with one attached hydrogen (secondary N) is 2. The molecule has 0 spiro atoms. The summed E-state index contributed by atoms with van der Waals surface area (Å²) in [6, 6.07) is 2.37. The van der Waals surface area contributed by atoms with E-state index in [1.807, 2.05) is 20.8 Å². The number of hydrogen-bond acceptors (Lipinski definition) is 4. The molecule has 21 heavy (non-hydrogen) atoms. The summed E-state index contributed by atoms with van der Waals surface area (Å²) in [6.45, 7) is 7.06. The minimum absolute atomic E-state index is 0.312. The zero-order valence-electron chi connectivity index (χ0n) is 12.7. The maximum atomic E-state index is 11.7. The van der Waals surface area contributed by atoms with Crippen LogP contribution in [0.1, 0.15) is 38.5 Å². The van der Waals surface area contributed by atoms with E-state index in [0.717, 1.165) is 11.0 Å². The van der Waals surface area contributed by atoms with Crippen LogP contribution in [-0.2, 0) is 11.3 Å². The Morgan fingerprint density at radius 3 is 2.76 bits per heavy atom. The SMILES string of the molecule is CC(C)(C)OC(=O)NCC(NCc1sccc1Br)C1CC1. The fourth-order valence-electron chi connectivity index (χ4n) is 2.09. The van der Waals surface area contributed by atoms with E-state index in [0.29, 0.717) is 18.5 Å². The maximum absolute atomic E-state index is 11.7. The van der Waals surface area contributed by atoms with Gasteiger partial charge < -0.3 is 15.4 Å². The lowest BCUT2D eigenvalue weighted by Gasteiger charge is -2.22. The Bertz CT molecular complexity index is 480. The van der Waals surface area contributed by atoms with Gasteiger partial charge in [-0.15, -0.1) is 11.3 Å². The molecular weight excluding hydrogens is 352 g/mol. The Labute approximate surface area is 138 Å². The van der Waals surface area contributed by atoms with E-state index in [2.05, 4.69) is 38.0 Å². The van der Waals surface area contributed by atoms with Crippen molar-refractivity contribution >= 4 is 33.4 Å². The van der Waals surface area contributed by atoms with Crippen LogP contribution in [0.4, 0.5) is 4.79 Å². The van der Waals surface area contributed by atoms with E-state index < -0.39 is 5.60 Å². The van der Waals surface area contributed by atoms with Gasteiger partial charge in [0.1, 0.15) is 5.60 Å². The zero-order valence-corrected chi connectivity index (χ0v) is 15.1. The molecule has 1 fully saturated rings. The van der Waals surface area contributed by atoms with Crippen molar-refractivity contribution in [1.29, 1.82) is 0 Å². The van der Waals surface area contributed by atoms with Crippen molar-refractivity contribution in [3.05, 3.63) is 20.8 Å². The van der Waals surface area contributed by atoms with E-state index in [4.69, 9.17) is 4.74 Å². The summed E-state index contributed by atoms with van der Waals surface area (Å²) in [4.78, 5) is 13.0. The van der Waals surface area contributed by atoms with Crippen LogP contribution in [0, 0.1) is 5.92 Å². The fourth-order valence-corrected chi connectivity index (χ4v) is 3.53. The summed E-state index contributed by atoms with van der Waals surface area (Å²) in [5.74, 6) is 0.665. The van der Waals surface area contributed by atoms with Gasteiger partial charge in [-0.05, 0) is 66.9 Å². The Morgan fingerprint density at radius 2 is 2.24 bits per heavy atom. The number of halogens is 1. The van der Waals surface area contributed by atoms with E-state index in [1.54, 1.807) is 11.3 Å². The highest BCUT2D eigenvalue weighted by Crippen LogP contribution is 2.33. The summed E-state index contributed by atoms with van der Waals surface area (Å²) >= 11 is 5.28. The smallest absolute Gasteiger partial charge is 0.407 e. The standard InChI is InChI=1S/C15H23BrN2O2S/c1-15(2,3)20-14(19)18-8-12(10-4-5-10)17-9-13-11(16)6-7-21-13/h6-7,10,12,17H,4-5,8-9H2,1-3H3,(H,18,19). The molecule has 1 aromatic heterocycles. The first kappa shape index (κ1) is 16.8. The lowest BCUT2D eigenvalue weighted by atomic mass is 10.2. The Kier molecular flexibility index (Phi) is 5.68. The molecule has 6 heteroatoms. The van der Waals surface area contributed by atoms with Crippen LogP contribution in [0.3, 0.4) is 0 Å². The number of alkyl carbamates (subject to hydrolysis) is 1. The topological polar surface area (TPSA) is 50.4 Å². The normalized spacial score (nSPS) is 16.6. The molecule has 1 saturated carbocycles. The Hall–Kier alpha value is -0.590. The molecule has 4 nitrogen and oxygen atoms in total. The largest absolute Gasteiger partial charge is 0.444 e. The maximum Gasteiger partial charge on any atom is 0.407 e. The van der Waals surface area contributed by atoms with Gasteiger partial charge in [-0.1, -0.05) is 0 Å². The minimum atomic E-state index is -0.450. The van der Waals surface area contributed by atoms with Gasteiger partial charge in [-0.25, -0.2) is 4.79 Å². The van der Waals surface area contributed by atoms with Crippen LogP contribution in [0.25, 0.3) is 0 Å². The molecule has 1 aliphatic carbocycles. The van der Waals surface area contributed by atoms with Crippen LogP contribution in [0.2, 0.25) is 0 Å². The Morgan fingerprint density at radius 1 is 1.52 bits per heavy atom. The van der Waals surface area contributed by atoms with Crippen molar-refractivity contribution in [2.75, 3.05) is 6.54 Å². The van der Waals surface area contributed by atoms with Crippen LogP contribution < -0.4 is 10.6 Å². The van der Waals surface area contributed by atoms with Crippen molar-refractivity contribution in [2.45, 2.75) is 51.8 Å². The summed E-state index contributed by atoms with van der Waals surface area (Å²) in [7, 11) is 0. The number of hydrogen-bond donors (Lipinski definition) is 2. The van der Waals surface area contributed by atoms with Crippen LogP contribution in [-0.4, -0.2) is 24.3 Å². The second-order valence-corrected chi connectivity index (χ2v) is 8.25. The lowest BCUT2D eigenvalue weighted by molar-refractivity contribution is 0.0521. The number of ether oxygens (including phenoxy) is 1. The first-order chi connectivity index (χ1) is 9.85. The van der Waals surface area contributed by atoms with Crippen molar-refractivity contribution in [2.24, 2.45) is 5.92 Å². The molecule has 1 amide bonds. The van der Waals surface area contributed by atoms with Gasteiger partial charge in [0.2, 0.25) is 0 Å². The van der Waals surface area contributed by atoms with Gasteiger partial charge in [-0.2, -0.15) is 0 Å². The summed E-state index contributed by atoms with van der Waals surface area (Å²) < 4.78 is 6.42. The fraction of sp³-hybridized carbons (Fsp3) is 0.667. The van der Waals surface area contributed by atoms with Gasteiger partial charge in [0.05, 0.1) is 0 Å². The summed E-state index contributed by atoms with van der Waals surface area (Å²) in [5, 5.41) is 8.50. The molecule has 0 aromatic carbocycles. The second kappa shape index (κ2) is 7.11. The molecule has 1 unspecified atom stereocenters. The molecule has 2 rings (SSSR count). The van der Waals surface area contributed by atoms with Gasteiger partial charge in [0.25, 0.3) is 0 Å². The molecule has 118 valence electrons. The van der Waals surface area contributed by atoms with Gasteiger partial charge in [0, 0.05) is 28.5 Å². The lowest BCUT2D eigenvalue weighted by Crippen LogP contribution is -2.43. The predicted octanol–water partition coefficient (Wildman–Crippen LogP) is 3.90. The van der Waals surface area contributed by atoms with E-state index >= 15 is 0 Å². The average Bonchev–Trinajstić information content (AvgIpc) is 3.11. The third-order valence-corrected chi connectivity index (χ3v) is 5.20. The molecule has 1 aliphatic rings. The number of rotatable bonds is 6. The second-order valence-electron chi connectivity index (χ2n) is 6.40. The van der Waals surface area contributed by atoms with E-state index in [1.165, 1.54) is 17.7 Å². The number of carbonyl (C=O) groups excluding carboxylic acids is 1. The van der Waals surface area contributed by atoms with Gasteiger partial charge in [-0.3, -0.25) is 0 Å². The van der Waals surface area contributed by atoms with Crippen molar-refractivity contribution in [1.82, 2.24) is 10.6 Å². The summed E-state index contributed by atoms with van der Waals surface area (Å²) in [5.41, 5.74) is -0.450. The van der Waals surface area contributed by atoms with Gasteiger partial charge in [0.15, 0.2) is 0 Å². The minimum Gasteiger partial charge on any atom is -0.444 e. The monoisotopic (exact) mass is 374 g/mol. The first-order valence-electron chi connectivity index (χ1n) is 7.27. The molecule has 1 heterocycles. The van der Waals surface area contributed by atoms with Crippen molar-refractivity contribution < 1.29 is 9.53 Å². The van der Waals surface area contributed by atoms with E-state index in [-0.39, 0.29) is 6.09 Å². The number of amides is 1. The molecule has 0 bridgehead atoms. The van der Waals surface area contributed by atoms with Crippen LogP contribution >= 0.6 is 27.3 Å². The van der Waals surface area contributed by atoms with Crippen LogP contribution in [0.15, 0.2) is 15.9 Å². The highest BCUT2D eigenvalue weighted by Gasteiger charge is 2.31. The highest BCUT2D eigenvalue weighted by atomic mass is 79.9. The zero-order chi connectivity index (χ0) is 15.5. The van der Waals surface area contributed by atoms with Gasteiger partial charge >= 0.3 is 6.09 Å². The molecule has 1 atom stereocenters. The molecule has 1 aromatic rings. The number of carbonyl (C=O) groups is 1. The average molecular weight is 375 g/mol.